The largest absolute Gasteiger partial charge is 0.362 e. The standard InChI is InChI=1S/C14H20N2S/c1-3-13-10-17-14(16-13)15-11(2)9-12-7-5-4-6-8-12/h4-8,11,13H,3,9-10H2,1-2H3,(H,15,16). The summed E-state index contributed by atoms with van der Waals surface area (Å²) < 4.78 is 0. The maximum Gasteiger partial charge on any atom is 0.157 e. The van der Waals surface area contributed by atoms with Crippen LogP contribution in [0.25, 0.3) is 0 Å². The van der Waals surface area contributed by atoms with Crippen molar-refractivity contribution in [2.24, 2.45) is 4.99 Å². The molecule has 0 saturated carbocycles. The van der Waals surface area contributed by atoms with Crippen molar-refractivity contribution in [2.45, 2.75) is 38.8 Å². The molecule has 2 atom stereocenters. The fourth-order valence-electron chi connectivity index (χ4n) is 1.93. The van der Waals surface area contributed by atoms with Gasteiger partial charge in [0.25, 0.3) is 0 Å². The number of benzene rings is 1. The van der Waals surface area contributed by atoms with Crippen LogP contribution in [0.5, 0.6) is 0 Å². The number of nitrogens with one attached hydrogen (secondary N) is 1. The molecule has 0 radical (unpaired) electrons. The molecule has 0 spiro atoms. The van der Waals surface area contributed by atoms with Crippen LogP contribution in [0.2, 0.25) is 0 Å². The van der Waals surface area contributed by atoms with Crippen molar-refractivity contribution in [3.05, 3.63) is 35.9 Å². The molecule has 92 valence electrons. The Morgan fingerprint density at radius 2 is 2.18 bits per heavy atom. The van der Waals surface area contributed by atoms with E-state index >= 15 is 0 Å². The lowest BCUT2D eigenvalue weighted by Gasteiger charge is -2.14. The molecule has 0 amide bonds. The molecule has 1 aromatic rings. The Labute approximate surface area is 108 Å². The lowest BCUT2D eigenvalue weighted by molar-refractivity contribution is 0.658. The number of thioether (sulfide) groups is 1. The van der Waals surface area contributed by atoms with Gasteiger partial charge in [0, 0.05) is 11.8 Å². The third-order valence-corrected chi connectivity index (χ3v) is 3.99. The van der Waals surface area contributed by atoms with Gasteiger partial charge in [0.15, 0.2) is 5.17 Å². The van der Waals surface area contributed by atoms with Crippen molar-refractivity contribution in [1.29, 1.82) is 0 Å². The maximum atomic E-state index is 4.66. The summed E-state index contributed by atoms with van der Waals surface area (Å²) in [6.45, 7) is 4.42. The Kier molecular flexibility index (Phi) is 4.49. The minimum Gasteiger partial charge on any atom is -0.362 e. The molecule has 1 aromatic carbocycles. The molecule has 0 bridgehead atoms. The summed E-state index contributed by atoms with van der Waals surface area (Å²) in [4.78, 5) is 4.66. The van der Waals surface area contributed by atoms with E-state index in [-0.39, 0.29) is 0 Å². The van der Waals surface area contributed by atoms with Gasteiger partial charge in [-0.1, -0.05) is 49.0 Å². The lowest BCUT2D eigenvalue weighted by Crippen LogP contribution is -2.31. The molecule has 2 unspecified atom stereocenters. The van der Waals surface area contributed by atoms with Crippen molar-refractivity contribution < 1.29 is 0 Å². The third-order valence-electron chi connectivity index (χ3n) is 2.94. The van der Waals surface area contributed by atoms with Crippen LogP contribution < -0.4 is 5.32 Å². The maximum absolute atomic E-state index is 4.66. The van der Waals surface area contributed by atoms with Crippen molar-refractivity contribution >= 4 is 16.9 Å². The van der Waals surface area contributed by atoms with Gasteiger partial charge in [0.2, 0.25) is 0 Å². The van der Waals surface area contributed by atoms with Gasteiger partial charge in [-0.15, -0.1) is 0 Å². The lowest BCUT2D eigenvalue weighted by atomic mass is 10.1. The first-order chi connectivity index (χ1) is 8.28. The summed E-state index contributed by atoms with van der Waals surface area (Å²) in [6, 6.07) is 11.6. The average Bonchev–Trinajstić information content (AvgIpc) is 2.78. The van der Waals surface area contributed by atoms with Crippen LogP contribution in [0.15, 0.2) is 35.3 Å². The monoisotopic (exact) mass is 248 g/mol. The molecule has 0 aromatic heterocycles. The Bertz CT molecular complexity index is 375. The summed E-state index contributed by atoms with van der Waals surface area (Å²) in [5, 5.41) is 4.63. The van der Waals surface area contributed by atoms with E-state index in [1.54, 1.807) is 0 Å². The zero-order valence-corrected chi connectivity index (χ0v) is 11.3. The second kappa shape index (κ2) is 6.10. The predicted molar refractivity (Wildman–Crippen MR) is 76.7 cm³/mol. The van der Waals surface area contributed by atoms with E-state index in [0.717, 1.165) is 23.8 Å². The van der Waals surface area contributed by atoms with Crippen LogP contribution >= 0.6 is 11.8 Å². The van der Waals surface area contributed by atoms with Gasteiger partial charge >= 0.3 is 0 Å². The zero-order valence-electron chi connectivity index (χ0n) is 10.5. The van der Waals surface area contributed by atoms with Crippen LogP contribution in [0, 0.1) is 0 Å². The number of hydrogen-bond acceptors (Lipinski definition) is 3. The quantitative estimate of drug-likeness (QED) is 0.885. The van der Waals surface area contributed by atoms with Gasteiger partial charge in [-0.25, -0.2) is 0 Å². The van der Waals surface area contributed by atoms with Crippen LogP contribution in [0.1, 0.15) is 25.8 Å². The van der Waals surface area contributed by atoms with E-state index in [1.807, 2.05) is 11.8 Å². The van der Waals surface area contributed by atoms with E-state index in [9.17, 15) is 0 Å². The molecule has 1 aliphatic heterocycles. The van der Waals surface area contributed by atoms with Gasteiger partial charge in [-0.2, -0.15) is 0 Å². The molecule has 17 heavy (non-hydrogen) atoms. The Balaban J connectivity index is 1.84. The van der Waals surface area contributed by atoms with Crippen LogP contribution in [-0.2, 0) is 6.42 Å². The normalized spacial score (nSPS) is 21.1. The summed E-state index contributed by atoms with van der Waals surface area (Å²) in [5.41, 5.74) is 1.38. The van der Waals surface area contributed by atoms with Gasteiger partial charge in [-0.05, 0) is 25.3 Å². The van der Waals surface area contributed by atoms with E-state index in [2.05, 4.69) is 54.5 Å². The van der Waals surface area contributed by atoms with E-state index < -0.39 is 0 Å². The van der Waals surface area contributed by atoms with Crippen molar-refractivity contribution in [3.63, 3.8) is 0 Å². The van der Waals surface area contributed by atoms with E-state index in [0.29, 0.717) is 12.1 Å². The van der Waals surface area contributed by atoms with Gasteiger partial charge in [-0.3, -0.25) is 4.99 Å². The zero-order chi connectivity index (χ0) is 12.1. The van der Waals surface area contributed by atoms with Gasteiger partial charge < -0.3 is 5.32 Å². The fraction of sp³-hybridized carbons (Fsp3) is 0.500. The molecular weight excluding hydrogens is 228 g/mol. The smallest absolute Gasteiger partial charge is 0.157 e. The van der Waals surface area contributed by atoms with Crippen LogP contribution in [-0.4, -0.2) is 23.0 Å². The molecule has 0 aliphatic carbocycles. The molecule has 3 heteroatoms. The van der Waals surface area contributed by atoms with Crippen LogP contribution in [0.3, 0.4) is 0 Å². The first-order valence-corrected chi connectivity index (χ1v) is 7.27. The summed E-state index contributed by atoms with van der Waals surface area (Å²) >= 11 is 1.85. The van der Waals surface area contributed by atoms with Crippen molar-refractivity contribution in [3.8, 4) is 0 Å². The highest BCUT2D eigenvalue weighted by Gasteiger charge is 2.17. The molecule has 1 N–H and O–H groups in total. The van der Waals surface area contributed by atoms with Crippen molar-refractivity contribution in [2.75, 3.05) is 5.75 Å². The second-order valence-corrected chi connectivity index (χ2v) is 5.55. The number of rotatable bonds is 4. The van der Waals surface area contributed by atoms with E-state index in [4.69, 9.17) is 0 Å². The highest BCUT2D eigenvalue weighted by atomic mass is 32.2. The third kappa shape index (κ3) is 3.77. The Morgan fingerprint density at radius 3 is 2.82 bits per heavy atom. The molecule has 2 rings (SSSR count). The number of aliphatic imine (C=N–C) groups is 1. The fourth-order valence-corrected chi connectivity index (χ4v) is 3.10. The van der Waals surface area contributed by atoms with Gasteiger partial charge in [0.1, 0.15) is 0 Å². The molecule has 1 aliphatic rings. The number of amidine groups is 1. The average molecular weight is 248 g/mol. The van der Waals surface area contributed by atoms with Gasteiger partial charge in [0.05, 0.1) is 6.04 Å². The second-order valence-electron chi connectivity index (χ2n) is 4.54. The van der Waals surface area contributed by atoms with Crippen LogP contribution in [0.4, 0.5) is 0 Å². The number of nitrogens with zero attached hydrogens (tertiary/aromatic N) is 1. The van der Waals surface area contributed by atoms with Crippen molar-refractivity contribution in [1.82, 2.24) is 5.32 Å². The summed E-state index contributed by atoms with van der Waals surface area (Å²) in [5.74, 6) is 1.14. The molecular formula is C14H20N2S. The highest BCUT2D eigenvalue weighted by Crippen LogP contribution is 2.19. The highest BCUT2D eigenvalue weighted by molar-refractivity contribution is 8.14. The molecule has 1 heterocycles. The summed E-state index contributed by atoms with van der Waals surface area (Å²) in [7, 11) is 0. The first kappa shape index (κ1) is 12.5. The Hall–Kier alpha value is -0.960. The number of hydrogen-bond donors (Lipinski definition) is 1. The SMILES string of the molecule is CCC1CSC(NC(C)Cc2ccccc2)=N1. The Morgan fingerprint density at radius 1 is 1.41 bits per heavy atom. The van der Waals surface area contributed by atoms with E-state index in [1.165, 1.54) is 5.56 Å². The minimum atomic E-state index is 0.444. The predicted octanol–water partition coefficient (Wildman–Crippen LogP) is 3.09. The molecule has 0 saturated heterocycles. The minimum absolute atomic E-state index is 0.444. The first-order valence-electron chi connectivity index (χ1n) is 6.29. The summed E-state index contributed by atoms with van der Waals surface area (Å²) in [6.07, 6.45) is 2.20. The molecule has 0 fully saturated rings. The molecule has 2 nitrogen and oxygen atoms in total. The topological polar surface area (TPSA) is 24.4 Å².